The van der Waals surface area contributed by atoms with Crippen molar-refractivity contribution in [2.75, 3.05) is 19.6 Å². The van der Waals surface area contributed by atoms with Gasteiger partial charge < -0.3 is 14.9 Å². The summed E-state index contributed by atoms with van der Waals surface area (Å²) in [6.07, 6.45) is 6.66. The van der Waals surface area contributed by atoms with Crippen molar-refractivity contribution in [2.24, 2.45) is 7.05 Å². The van der Waals surface area contributed by atoms with E-state index in [-0.39, 0.29) is 10.9 Å². The molecule has 0 spiro atoms. The van der Waals surface area contributed by atoms with Crippen LogP contribution >= 0.6 is 0 Å². The van der Waals surface area contributed by atoms with Gasteiger partial charge >= 0.3 is 0 Å². The van der Waals surface area contributed by atoms with Crippen LogP contribution in [0.3, 0.4) is 0 Å². The van der Waals surface area contributed by atoms with Gasteiger partial charge in [-0.05, 0) is 12.1 Å². The number of rotatable bonds is 3. The van der Waals surface area contributed by atoms with Crippen molar-refractivity contribution < 1.29 is 8.42 Å². The van der Waals surface area contributed by atoms with E-state index in [1.165, 1.54) is 10.5 Å². The predicted molar refractivity (Wildman–Crippen MR) is 88.8 cm³/mol. The zero-order valence-corrected chi connectivity index (χ0v) is 14.0. The van der Waals surface area contributed by atoms with Gasteiger partial charge in [-0.1, -0.05) is 0 Å². The van der Waals surface area contributed by atoms with Gasteiger partial charge in [0.1, 0.15) is 16.4 Å². The van der Waals surface area contributed by atoms with Gasteiger partial charge in [0.25, 0.3) is 0 Å². The molecule has 0 bridgehead atoms. The van der Waals surface area contributed by atoms with Crippen molar-refractivity contribution in [3.63, 3.8) is 0 Å². The topological polar surface area (TPSA) is 95.9 Å². The van der Waals surface area contributed by atoms with Gasteiger partial charge in [-0.2, -0.15) is 4.31 Å². The van der Waals surface area contributed by atoms with Crippen LogP contribution in [0.15, 0.2) is 41.8 Å². The second kappa shape index (κ2) is 5.69. The van der Waals surface area contributed by atoms with Crippen LogP contribution in [-0.2, 0) is 17.1 Å². The molecular weight excluding hydrogens is 328 g/mol. The molecule has 8 nitrogen and oxygen atoms in total. The molecule has 1 saturated heterocycles. The van der Waals surface area contributed by atoms with Gasteiger partial charge in [-0.3, -0.25) is 0 Å². The molecule has 0 radical (unpaired) electrons. The second-order valence-corrected chi connectivity index (χ2v) is 7.64. The molecule has 0 aromatic carbocycles. The Morgan fingerprint density at radius 1 is 1.29 bits per heavy atom. The number of aryl methyl sites for hydroxylation is 1. The maximum absolute atomic E-state index is 13.3. The van der Waals surface area contributed by atoms with Crippen LogP contribution in [0.1, 0.15) is 11.9 Å². The standard InChI is InChI=1S/C15H18N6O2S/c1-20-7-6-18-15(20)12-9-16-5-8-21(12)24(22,23)13-10-19-14-11(13)3-2-4-17-14/h2-4,6-7,10,12,16H,5,8-9H2,1H3,(H,17,19). The van der Waals surface area contributed by atoms with E-state index in [9.17, 15) is 8.42 Å². The van der Waals surface area contributed by atoms with E-state index < -0.39 is 10.0 Å². The van der Waals surface area contributed by atoms with Crippen LogP contribution < -0.4 is 5.32 Å². The van der Waals surface area contributed by atoms with Crippen LogP contribution in [0.2, 0.25) is 0 Å². The van der Waals surface area contributed by atoms with E-state index in [4.69, 9.17) is 0 Å². The molecule has 1 aliphatic rings. The fraction of sp³-hybridized carbons (Fsp3) is 0.333. The SMILES string of the molecule is Cn1ccnc1C1CNCCN1S(=O)(=O)c1c[nH]c2ncccc12. The quantitative estimate of drug-likeness (QED) is 0.725. The Morgan fingerprint density at radius 2 is 2.17 bits per heavy atom. The highest BCUT2D eigenvalue weighted by molar-refractivity contribution is 7.89. The summed E-state index contributed by atoms with van der Waals surface area (Å²) in [6, 6.07) is 3.16. The van der Waals surface area contributed by atoms with Crippen molar-refractivity contribution in [1.29, 1.82) is 0 Å². The normalized spacial score (nSPS) is 19.8. The third kappa shape index (κ3) is 2.32. The molecule has 1 atom stereocenters. The zero-order valence-electron chi connectivity index (χ0n) is 13.2. The molecular formula is C15H18N6O2S. The Morgan fingerprint density at radius 3 is 2.96 bits per heavy atom. The van der Waals surface area contributed by atoms with Crippen molar-refractivity contribution >= 4 is 21.1 Å². The molecule has 0 amide bonds. The minimum Gasteiger partial charge on any atom is -0.345 e. The predicted octanol–water partition coefficient (Wildman–Crippen LogP) is 0.632. The average Bonchev–Trinajstić information content (AvgIpc) is 3.21. The number of H-pyrrole nitrogens is 1. The summed E-state index contributed by atoms with van der Waals surface area (Å²) in [6.45, 7) is 1.54. The van der Waals surface area contributed by atoms with Crippen LogP contribution in [0.4, 0.5) is 0 Å². The van der Waals surface area contributed by atoms with Gasteiger partial charge in [0.15, 0.2) is 0 Å². The third-order valence-electron chi connectivity index (χ3n) is 4.35. The average molecular weight is 346 g/mol. The molecule has 2 N–H and O–H groups in total. The Balaban J connectivity index is 1.81. The first-order valence-electron chi connectivity index (χ1n) is 7.71. The molecule has 3 aromatic rings. The summed E-state index contributed by atoms with van der Waals surface area (Å²) in [4.78, 5) is 11.7. The van der Waals surface area contributed by atoms with Crippen LogP contribution in [0, 0.1) is 0 Å². The Hall–Kier alpha value is -2.23. The van der Waals surface area contributed by atoms with Crippen molar-refractivity contribution in [1.82, 2.24) is 29.1 Å². The molecule has 126 valence electrons. The maximum Gasteiger partial charge on any atom is 0.246 e. The van der Waals surface area contributed by atoms with Crippen molar-refractivity contribution in [3.05, 3.63) is 42.7 Å². The molecule has 4 rings (SSSR count). The van der Waals surface area contributed by atoms with Gasteiger partial charge in [0.2, 0.25) is 10.0 Å². The molecule has 9 heteroatoms. The lowest BCUT2D eigenvalue weighted by molar-refractivity contribution is 0.258. The van der Waals surface area contributed by atoms with E-state index >= 15 is 0 Å². The van der Waals surface area contributed by atoms with E-state index in [0.717, 1.165) is 5.82 Å². The second-order valence-electron chi connectivity index (χ2n) is 5.78. The number of pyridine rings is 1. The molecule has 1 fully saturated rings. The molecule has 1 aliphatic heterocycles. The Labute approximate surface area is 139 Å². The monoisotopic (exact) mass is 346 g/mol. The van der Waals surface area contributed by atoms with Crippen molar-refractivity contribution in [2.45, 2.75) is 10.9 Å². The van der Waals surface area contributed by atoms with Crippen molar-refractivity contribution in [3.8, 4) is 0 Å². The van der Waals surface area contributed by atoms with Crippen LogP contribution in [0.5, 0.6) is 0 Å². The number of imidazole rings is 1. The maximum atomic E-state index is 13.3. The number of sulfonamides is 1. The smallest absolute Gasteiger partial charge is 0.246 e. The summed E-state index contributed by atoms with van der Waals surface area (Å²) < 4.78 is 30.0. The summed E-state index contributed by atoms with van der Waals surface area (Å²) in [5.74, 6) is 0.726. The van der Waals surface area contributed by atoms with Crippen LogP contribution in [-0.4, -0.2) is 51.9 Å². The number of nitrogens with one attached hydrogen (secondary N) is 2. The lowest BCUT2D eigenvalue weighted by Crippen LogP contribution is -2.49. The fourth-order valence-electron chi connectivity index (χ4n) is 3.16. The fourth-order valence-corrected chi connectivity index (χ4v) is 4.90. The summed E-state index contributed by atoms with van der Waals surface area (Å²) >= 11 is 0. The third-order valence-corrected chi connectivity index (χ3v) is 6.30. The highest BCUT2D eigenvalue weighted by Crippen LogP contribution is 2.31. The molecule has 0 aliphatic carbocycles. The van der Waals surface area contributed by atoms with Crippen LogP contribution in [0.25, 0.3) is 11.0 Å². The first kappa shape index (κ1) is 15.3. The number of piperazine rings is 1. The lowest BCUT2D eigenvalue weighted by Gasteiger charge is -2.34. The molecule has 24 heavy (non-hydrogen) atoms. The number of aromatic amines is 1. The van der Waals surface area contributed by atoms with Gasteiger partial charge in [-0.25, -0.2) is 18.4 Å². The number of hydrogen-bond acceptors (Lipinski definition) is 5. The van der Waals surface area contributed by atoms with E-state index in [0.29, 0.717) is 30.7 Å². The Bertz CT molecular complexity index is 977. The number of aromatic nitrogens is 4. The van der Waals surface area contributed by atoms with E-state index in [1.807, 2.05) is 17.8 Å². The zero-order chi connectivity index (χ0) is 16.7. The number of hydrogen-bond donors (Lipinski definition) is 2. The minimum atomic E-state index is -3.67. The first-order chi connectivity index (χ1) is 11.6. The molecule has 3 aromatic heterocycles. The number of fused-ring (bicyclic) bond motifs is 1. The highest BCUT2D eigenvalue weighted by Gasteiger charge is 2.37. The number of nitrogens with zero attached hydrogens (tertiary/aromatic N) is 4. The highest BCUT2D eigenvalue weighted by atomic mass is 32.2. The summed E-state index contributed by atoms with van der Waals surface area (Å²) in [5, 5.41) is 3.86. The largest absolute Gasteiger partial charge is 0.345 e. The van der Waals surface area contributed by atoms with Gasteiger partial charge in [-0.15, -0.1) is 0 Å². The summed E-state index contributed by atoms with van der Waals surface area (Å²) in [5.41, 5.74) is 0.569. The minimum absolute atomic E-state index is 0.256. The van der Waals surface area contributed by atoms with E-state index in [2.05, 4.69) is 20.3 Å². The first-order valence-corrected chi connectivity index (χ1v) is 9.15. The van der Waals surface area contributed by atoms with Gasteiger partial charge in [0, 0.05) is 56.9 Å². The molecule has 0 saturated carbocycles. The molecule has 4 heterocycles. The van der Waals surface area contributed by atoms with Gasteiger partial charge in [0.05, 0.1) is 6.04 Å². The molecule has 1 unspecified atom stereocenters. The lowest BCUT2D eigenvalue weighted by atomic mass is 10.2. The summed E-state index contributed by atoms with van der Waals surface area (Å²) in [7, 11) is -1.80. The Kier molecular flexibility index (Phi) is 3.63. The van der Waals surface area contributed by atoms with E-state index in [1.54, 1.807) is 24.5 Å².